The van der Waals surface area contributed by atoms with E-state index in [1.54, 1.807) is 0 Å². The zero-order chi connectivity index (χ0) is 21.0. The van der Waals surface area contributed by atoms with Gasteiger partial charge in [-0.1, -0.05) is 72.8 Å². The fourth-order valence-electron chi connectivity index (χ4n) is 4.80. The van der Waals surface area contributed by atoms with Crippen molar-refractivity contribution in [2.45, 2.75) is 41.5 Å². The fraction of sp³-hybridized carbons (Fsp3) is 0.296. The summed E-state index contributed by atoms with van der Waals surface area (Å²) < 4.78 is 0. The summed E-state index contributed by atoms with van der Waals surface area (Å²) in [5.74, 6) is 0.283. The van der Waals surface area contributed by atoms with Crippen LogP contribution in [0.5, 0.6) is 0 Å². The van der Waals surface area contributed by atoms with E-state index >= 15 is 0 Å². The van der Waals surface area contributed by atoms with Gasteiger partial charge in [-0.15, -0.1) is 0 Å². The van der Waals surface area contributed by atoms with Gasteiger partial charge in [0.1, 0.15) is 0 Å². The molecule has 3 nitrogen and oxygen atoms in total. The number of nitrogens with zero attached hydrogens (tertiary/aromatic N) is 2. The van der Waals surface area contributed by atoms with E-state index in [1.807, 2.05) is 42.1 Å². The van der Waals surface area contributed by atoms with Crippen LogP contribution in [0, 0.1) is 0 Å². The summed E-state index contributed by atoms with van der Waals surface area (Å²) >= 11 is 1.85. The van der Waals surface area contributed by atoms with Gasteiger partial charge < -0.3 is 4.90 Å². The minimum atomic E-state index is 0.0210. The second-order valence-electron chi connectivity index (χ2n) is 8.32. The Morgan fingerprint density at radius 2 is 1.45 bits per heavy atom. The molecule has 0 spiro atoms. The van der Waals surface area contributed by atoms with Crippen LogP contribution in [0.3, 0.4) is 0 Å². The van der Waals surface area contributed by atoms with Crippen molar-refractivity contribution in [2.24, 2.45) is 0 Å². The molecule has 3 aromatic carbocycles. The second kappa shape index (κ2) is 9.29. The standard InChI is InChI=1S/C27H28N2OS/c30-27(21-11-2-1-3-12-21)24-15-8-9-18-28(24)19-10-20-29-22-13-4-6-16-25(22)31-26-17-7-5-14-23(26)29/h1-7,11-14,16-17,24H,8-10,15,18-20H2. The maximum Gasteiger partial charge on any atom is 0.179 e. The number of hydrogen-bond acceptors (Lipinski definition) is 4. The van der Waals surface area contributed by atoms with E-state index in [1.165, 1.54) is 27.6 Å². The van der Waals surface area contributed by atoms with E-state index in [0.717, 1.165) is 44.5 Å². The monoisotopic (exact) mass is 428 g/mol. The quantitative estimate of drug-likeness (QED) is 0.423. The van der Waals surface area contributed by atoms with Crippen molar-refractivity contribution in [1.82, 2.24) is 4.90 Å². The molecule has 2 aliphatic heterocycles. The van der Waals surface area contributed by atoms with Crippen LogP contribution in [0.15, 0.2) is 88.7 Å². The summed E-state index contributed by atoms with van der Waals surface area (Å²) in [6, 6.07) is 27.2. The number of para-hydroxylation sites is 2. The van der Waals surface area contributed by atoms with E-state index in [0.29, 0.717) is 0 Å². The Hall–Kier alpha value is -2.56. The van der Waals surface area contributed by atoms with Crippen molar-refractivity contribution in [1.29, 1.82) is 0 Å². The number of likely N-dealkylation sites (tertiary alicyclic amines) is 1. The highest BCUT2D eigenvalue weighted by Crippen LogP contribution is 2.47. The molecule has 1 fully saturated rings. The van der Waals surface area contributed by atoms with Gasteiger partial charge in [0.2, 0.25) is 0 Å². The van der Waals surface area contributed by atoms with Crippen LogP contribution in [0.2, 0.25) is 0 Å². The van der Waals surface area contributed by atoms with Crippen molar-refractivity contribution in [3.8, 4) is 0 Å². The Kier molecular flexibility index (Phi) is 6.10. The third-order valence-corrected chi connectivity index (χ3v) is 7.46. The van der Waals surface area contributed by atoms with E-state index in [2.05, 4.69) is 58.3 Å². The predicted molar refractivity (Wildman–Crippen MR) is 129 cm³/mol. The number of carbonyl (C=O) groups excluding carboxylic acids is 1. The third-order valence-electron chi connectivity index (χ3n) is 6.33. The Balaban J connectivity index is 1.30. The number of Topliss-reactive ketones (excluding diaryl/α,β-unsaturated/α-hetero) is 1. The van der Waals surface area contributed by atoms with Crippen LogP contribution in [0.1, 0.15) is 36.0 Å². The van der Waals surface area contributed by atoms with Crippen LogP contribution in [0.4, 0.5) is 11.4 Å². The van der Waals surface area contributed by atoms with Crippen molar-refractivity contribution in [3.05, 3.63) is 84.4 Å². The van der Waals surface area contributed by atoms with Crippen LogP contribution in [-0.4, -0.2) is 36.4 Å². The fourth-order valence-corrected chi connectivity index (χ4v) is 5.90. The van der Waals surface area contributed by atoms with Gasteiger partial charge in [0.15, 0.2) is 5.78 Å². The second-order valence-corrected chi connectivity index (χ2v) is 9.40. The van der Waals surface area contributed by atoms with E-state index in [-0.39, 0.29) is 11.8 Å². The summed E-state index contributed by atoms with van der Waals surface area (Å²) in [4.78, 5) is 20.7. The highest BCUT2D eigenvalue weighted by molar-refractivity contribution is 7.99. The summed E-state index contributed by atoms with van der Waals surface area (Å²) in [7, 11) is 0. The van der Waals surface area contributed by atoms with Crippen LogP contribution < -0.4 is 4.90 Å². The van der Waals surface area contributed by atoms with E-state index in [9.17, 15) is 4.79 Å². The first-order chi connectivity index (χ1) is 15.3. The Bertz CT molecular complexity index is 1010. The van der Waals surface area contributed by atoms with Crippen molar-refractivity contribution in [3.63, 3.8) is 0 Å². The smallest absolute Gasteiger partial charge is 0.179 e. The lowest BCUT2D eigenvalue weighted by Crippen LogP contribution is -2.45. The SMILES string of the molecule is O=C(c1ccccc1)C1CCCCN1CCCN1c2ccccc2Sc2ccccc21. The summed E-state index contributed by atoms with van der Waals surface area (Å²) in [6.45, 7) is 2.93. The number of anilines is 2. The third kappa shape index (κ3) is 4.28. The number of rotatable bonds is 6. The molecular formula is C27H28N2OS. The van der Waals surface area contributed by atoms with Gasteiger partial charge in [0.25, 0.3) is 0 Å². The van der Waals surface area contributed by atoms with Crippen LogP contribution >= 0.6 is 11.8 Å². The molecule has 31 heavy (non-hydrogen) atoms. The average Bonchev–Trinajstić information content (AvgIpc) is 2.84. The first-order valence-electron chi connectivity index (χ1n) is 11.3. The maximum atomic E-state index is 13.1. The number of piperidine rings is 1. The molecule has 1 atom stereocenters. The average molecular weight is 429 g/mol. The van der Waals surface area contributed by atoms with E-state index in [4.69, 9.17) is 0 Å². The van der Waals surface area contributed by atoms with Gasteiger partial charge in [-0.2, -0.15) is 0 Å². The van der Waals surface area contributed by atoms with Crippen molar-refractivity contribution < 1.29 is 4.79 Å². The van der Waals surface area contributed by atoms with Gasteiger partial charge in [-0.3, -0.25) is 9.69 Å². The molecular weight excluding hydrogens is 400 g/mol. The number of ketones is 1. The van der Waals surface area contributed by atoms with Crippen LogP contribution in [-0.2, 0) is 0 Å². The molecule has 2 heterocycles. The molecule has 1 saturated heterocycles. The highest BCUT2D eigenvalue weighted by atomic mass is 32.2. The number of carbonyl (C=O) groups is 1. The lowest BCUT2D eigenvalue weighted by Gasteiger charge is -2.36. The molecule has 0 aliphatic carbocycles. The van der Waals surface area contributed by atoms with Gasteiger partial charge in [-0.25, -0.2) is 0 Å². The molecule has 0 amide bonds. The minimum Gasteiger partial charge on any atom is -0.340 e. The van der Waals surface area contributed by atoms with Gasteiger partial charge in [0.05, 0.1) is 17.4 Å². The molecule has 3 aromatic rings. The first kappa shape index (κ1) is 20.3. The molecule has 4 heteroatoms. The zero-order valence-electron chi connectivity index (χ0n) is 17.7. The molecule has 1 unspecified atom stereocenters. The number of hydrogen-bond donors (Lipinski definition) is 0. The van der Waals surface area contributed by atoms with E-state index < -0.39 is 0 Å². The maximum absolute atomic E-state index is 13.1. The normalized spacial score (nSPS) is 18.3. The Morgan fingerprint density at radius 3 is 2.16 bits per heavy atom. The summed E-state index contributed by atoms with van der Waals surface area (Å²) in [6.07, 6.45) is 4.33. The largest absolute Gasteiger partial charge is 0.340 e. The van der Waals surface area contributed by atoms with Crippen LogP contribution in [0.25, 0.3) is 0 Å². The summed E-state index contributed by atoms with van der Waals surface area (Å²) in [5, 5.41) is 0. The van der Waals surface area contributed by atoms with Gasteiger partial charge >= 0.3 is 0 Å². The van der Waals surface area contributed by atoms with Crippen molar-refractivity contribution in [2.75, 3.05) is 24.5 Å². The highest BCUT2D eigenvalue weighted by Gasteiger charge is 2.29. The number of fused-ring (bicyclic) bond motifs is 2. The molecule has 2 aliphatic rings. The molecule has 0 N–H and O–H groups in total. The predicted octanol–water partition coefficient (Wildman–Crippen LogP) is 6.42. The Morgan fingerprint density at radius 1 is 0.806 bits per heavy atom. The van der Waals surface area contributed by atoms with Gasteiger partial charge in [-0.05, 0) is 50.1 Å². The molecule has 0 bridgehead atoms. The minimum absolute atomic E-state index is 0.0210. The lowest BCUT2D eigenvalue weighted by molar-refractivity contribution is 0.0745. The summed E-state index contributed by atoms with van der Waals surface area (Å²) in [5.41, 5.74) is 3.43. The molecule has 0 radical (unpaired) electrons. The molecule has 0 aromatic heterocycles. The lowest BCUT2D eigenvalue weighted by atomic mass is 9.94. The molecule has 158 valence electrons. The first-order valence-corrected chi connectivity index (χ1v) is 12.1. The van der Waals surface area contributed by atoms with Crippen molar-refractivity contribution >= 4 is 28.9 Å². The topological polar surface area (TPSA) is 23.6 Å². The Labute approximate surface area is 189 Å². The molecule has 0 saturated carbocycles. The molecule has 5 rings (SSSR count). The number of benzene rings is 3. The van der Waals surface area contributed by atoms with Gasteiger partial charge in [0, 0.05) is 28.4 Å². The zero-order valence-corrected chi connectivity index (χ0v) is 18.6.